The molecule has 5 N–H and O–H groups in total. The molecule has 0 saturated heterocycles. The summed E-state index contributed by atoms with van der Waals surface area (Å²) in [6.45, 7) is 7.84. The van der Waals surface area contributed by atoms with Crippen molar-refractivity contribution in [2.75, 3.05) is 19.7 Å². The van der Waals surface area contributed by atoms with Crippen molar-refractivity contribution in [3.05, 3.63) is 34.9 Å². The number of benzene rings is 1. The zero-order valence-electron chi connectivity index (χ0n) is 18.9. The van der Waals surface area contributed by atoms with Crippen molar-refractivity contribution < 1.29 is 24.0 Å². The number of alkyl carbamates (subject to hydrolysis) is 1. The number of hydrogen-bond acceptors (Lipinski definition) is 7. The van der Waals surface area contributed by atoms with Gasteiger partial charge in [0, 0.05) is 36.2 Å². The normalized spacial score (nSPS) is 13.2. The van der Waals surface area contributed by atoms with Crippen molar-refractivity contribution in [1.82, 2.24) is 10.4 Å². The van der Waals surface area contributed by atoms with Crippen molar-refractivity contribution in [3.63, 3.8) is 0 Å². The van der Waals surface area contributed by atoms with E-state index in [2.05, 4.69) is 10.3 Å². The van der Waals surface area contributed by atoms with Crippen LogP contribution in [0.1, 0.15) is 56.5 Å². The van der Waals surface area contributed by atoms with Gasteiger partial charge in [-0.05, 0) is 45.4 Å². The van der Waals surface area contributed by atoms with E-state index < -0.39 is 17.6 Å². The fourth-order valence-corrected chi connectivity index (χ4v) is 2.89. The summed E-state index contributed by atoms with van der Waals surface area (Å²) in [6.07, 6.45) is 1.91. The largest absolute Gasteiger partial charge is 0.444 e. The van der Waals surface area contributed by atoms with Crippen LogP contribution in [0.15, 0.2) is 28.8 Å². The van der Waals surface area contributed by atoms with Crippen LogP contribution in [-0.4, -0.2) is 54.1 Å². The molecule has 0 unspecified atom stereocenters. The third-order valence-electron chi connectivity index (χ3n) is 4.23. The molecule has 174 valence electrons. The molecule has 0 saturated carbocycles. The molecule has 1 aliphatic rings. The Bertz CT molecular complexity index is 933. The van der Waals surface area contributed by atoms with Crippen LogP contribution in [0.25, 0.3) is 6.08 Å². The van der Waals surface area contributed by atoms with E-state index in [9.17, 15) is 14.4 Å². The first-order chi connectivity index (χ1) is 15.0. The molecule has 0 aromatic heterocycles. The van der Waals surface area contributed by atoms with Crippen LogP contribution in [-0.2, 0) is 14.4 Å². The Morgan fingerprint density at radius 3 is 2.59 bits per heavy atom. The van der Waals surface area contributed by atoms with Crippen LogP contribution in [0.3, 0.4) is 0 Å². The number of nitrogens with one attached hydrogen (secondary N) is 1. The van der Waals surface area contributed by atoms with Gasteiger partial charge in [-0.2, -0.15) is 0 Å². The molecule has 0 aliphatic carbocycles. The number of fused-ring (bicyclic) bond motifs is 1. The molecule has 2 rings (SSSR count). The molecule has 1 aliphatic heterocycles. The Labute approximate surface area is 187 Å². The summed E-state index contributed by atoms with van der Waals surface area (Å²) < 4.78 is 5.17. The first-order valence-corrected chi connectivity index (χ1v) is 10.4. The lowest BCUT2D eigenvalue weighted by Crippen LogP contribution is -2.38. The summed E-state index contributed by atoms with van der Waals surface area (Å²) in [7, 11) is 0. The summed E-state index contributed by atoms with van der Waals surface area (Å²) in [6, 6.07) is 4.77. The van der Waals surface area contributed by atoms with Gasteiger partial charge >= 0.3 is 6.09 Å². The number of amidine groups is 1. The maximum atomic E-state index is 13.1. The Balaban J connectivity index is 2.09. The highest BCUT2D eigenvalue weighted by molar-refractivity contribution is 6.05. The minimum absolute atomic E-state index is 0.0837. The van der Waals surface area contributed by atoms with Gasteiger partial charge in [0.1, 0.15) is 11.4 Å². The fraction of sp³-hybridized carbons (Fsp3) is 0.455. The SMILES string of the molecule is CCCN(OCCNC(=O)OC(C)(C)C)C(=O)C1=Cc2ccc(C(N)=O)cc2N=C(N)C1. The first-order valence-electron chi connectivity index (χ1n) is 10.4. The van der Waals surface area contributed by atoms with Crippen LogP contribution >= 0.6 is 0 Å². The molecule has 0 bridgehead atoms. The predicted octanol–water partition coefficient (Wildman–Crippen LogP) is 2.26. The topological polar surface area (TPSA) is 149 Å². The average Bonchev–Trinajstić information content (AvgIpc) is 2.85. The van der Waals surface area contributed by atoms with Gasteiger partial charge in [0.2, 0.25) is 5.91 Å². The third kappa shape index (κ3) is 7.38. The van der Waals surface area contributed by atoms with Gasteiger partial charge < -0.3 is 21.5 Å². The molecule has 1 aromatic rings. The second-order valence-electron chi connectivity index (χ2n) is 8.26. The van der Waals surface area contributed by atoms with Crippen LogP contribution in [0.5, 0.6) is 0 Å². The molecular weight excluding hydrogens is 414 g/mol. The van der Waals surface area contributed by atoms with Crippen LogP contribution in [0.2, 0.25) is 0 Å². The number of hydrogen-bond donors (Lipinski definition) is 3. The average molecular weight is 446 g/mol. The summed E-state index contributed by atoms with van der Waals surface area (Å²) in [4.78, 5) is 46.2. The monoisotopic (exact) mass is 445 g/mol. The smallest absolute Gasteiger partial charge is 0.407 e. The first kappa shape index (κ1) is 24.9. The van der Waals surface area contributed by atoms with Gasteiger partial charge in [-0.15, -0.1) is 0 Å². The summed E-state index contributed by atoms with van der Waals surface area (Å²) in [5, 5.41) is 3.83. The molecule has 10 nitrogen and oxygen atoms in total. The molecule has 0 spiro atoms. The number of aliphatic imine (C=N–C) groups is 1. The summed E-state index contributed by atoms with van der Waals surface area (Å²) in [5.74, 6) is -0.698. The van der Waals surface area contributed by atoms with Crippen LogP contribution < -0.4 is 16.8 Å². The van der Waals surface area contributed by atoms with E-state index in [0.29, 0.717) is 35.4 Å². The van der Waals surface area contributed by atoms with Gasteiger partial charge in [0.25, 0.3) is 5.91 Å². The van der Waals surface area contributed by atoms with E-state index in [1.807, 2.05) is 6.92 Å². The number of amides is 3. The third-order valence-corrected chi connectivity index (χ3v) is 4.23. The minimum atomic E-state index is -0.600. The zero-order chi connectivity index (χ0) is 23.9. The van der Waals surface area contributed by atoms with Crippen molar-refractivity contribution in [1.29, 1.82) is 0 Å². The molecule has 0 radical (unpaired) electrons. The molecule has 10 heteroatoms. The lowest BCUT2D eigenvalue weighted by atomic mass is 10.0. The second kappa shape index (κ2) is 10.8. The standard InChI is InChI=1S/C22H31N5O5/c1-5-9-27(31-10-8-25-21(30)32-22(2,3)4)20(29)16-11-14-6-7-15(19(24)28)12-17(14)26-18(23)13-16/h6-7,11-12H,5,8-10,13H2,1-4H3,(H2,23,26)(H2,24,28)(H,25,30). The maximum absolute atomic E-state index is 13.1. The Hall–Kier alpha value is -3.40. The van der Waals surface area contributed by atoms with Crippen molar-refractivity contribution in [2.45, 2.75) is 46.1 Å². The highest BCUT2D eigenvalue weighted by Gasteiger charge is 2.23. The van der Waals surface area contributed by atoms with E-state index in [1.165, 1.54) is 11.1 Å². The number of rotatable bonds is 8. The highest BCUT2D eigenvalue weighted by atomic mass is 16.7. The van der Waals surface area contributed by atoms with E-state index in [0.717, 1.165) is 0 Å². The van der Waals surface area contributed by atoms with Crippen molar-refractivity contribution >= 4 is 35.5 Å². The molecular formula is C22H31N5O5. The number of nitrogens with two attached hydrogens (primary N) is 2. The predicted molar refractivity (Wildman–Crippen MR) is 121 cm³/mol. The fourth-order valence-electron chi connectivity index (χ4n) is 2.89. The number of carbonyl (C=O) groups is 3. The molecule has 0 fully saturated rings. The van der Waals surface area contributed by atoms with Gasteiger partial charge in [-0.25, -0.2) is 14.9 Å². The number of hydroxylamine groups is 2. The molecule has 1 heterocycles. The van der Waals surface area contributed by atoms with Crippen LogP contribution in [0, 0.1) is 0 Å². The Kier molecular flexibility index (Phi) is 8.36. The molecule has 1 aromatic carbocycles. The molecule has 0 atom stereocenters. The molecule has 3 amide bonds. The highest BCUT2D eigenvalue weighted by Crippen LogP contribution is 2.28. The summed E-state index contributed by atoms with van der Waals surface area (Å²) >= 11 is 0. The lowest BCUT2D eigenvalue weighted by Gasteiger charge is -2.23. The number of ether oxygens (including phenoxy) is 1. The number of nitrogens with zero attached hydrogens (tertiary/aromatic N) is 2. The Morgan fingerprint density at radius 1 is 1.25 bits per heavy atom. The van der Waals surface area contributed by atoms with E-state index in [-0.39, 0.29) is 31.3 Å². The van der Waals surface area contributed by atoms with E-state index in [1.54, 1.807) is 39.0 Å². The van der Waals surface area contributed by atoms with Gasteiger partial charge in [-0.1, -0.05) is 13.0 Å². The minimum Gasteiger partial charge on any atom is -0.444 e. The van der Waals surface area contributed by atoms with E-state index in [4.69, 9.17) is 21.0 Å². The quantitative estimate of drug-likeness (QED) is 0.413. The molecule has 32 heavy (non-hydrogen) atoms. The lowest BCUT2D eigenvalue weighted by molar-refractivity contribution is -0.181. The second-order valence-corrected chi connectivity index (χ2v) is 8.26. The number of carbonyl (C=O) groups excluding carboxylic acids is 3. The van der Waals surface area contributed by atoms with Crippen molar-refractivity contribution in [3.8, 4) is 0 Å². The van der Waals surface area contributed by atoms with Gasteiger partial charge in [0.05, 0.1) is 12.3 Å². The number of primary amides is 1. The zero-order valence-corrected chi connectivity index (χ0v) is 18.9. The van der Waals surface area contributed by atoms with Crippen molar-refractivity contribution in [2.24, 2.45) is 16.5 Å². The van der Waals surface area contributed by atoms with Gasteiger partial charge in [0.15, 0.2) is 0 Å². The summed E-state index contributed by atoms with van der Waals surface area (Å²) in [5.41, 5.74) is 12.5. The Morgan fingerprint density at radius 2 is 1.97 bits per heavy atom. The van der Waals surface area contributed by atoms with E-state index >= 15 is 0 Å². The van der Waals surface area contributed by atoms with Gasteiger partial charge in [-0.3, -0.25) is 14.4 Å². The maximum Gasteiger partial charge on any atom is 0.407 e. The van der Waals surface area contributed by atoms with Crippen LogP contribution in [0.4, 0.5) is 10.5 Å².